The molecule has 1 aromatic heterocycles. The van der Waals surface area contributed by atoms with Crippen molar-refractivity contribution in [2.24, 2.45) is 0 Å². The van der Waals surface area contributed by atoms with Crippen LogP contribution < -0.4 is 4.74 Å². The summed E-state index contributed by atoms with van der Waals surface area (Å²) in [6.45, 7) is 0. The largest absolute Gasteiger partial charge is 0.421 e. The highest BCUT2D eigenvalue weighted by Crippen LogP contribution is 2.28. The molecule has 0 N–H and O–H groups in total. The van der Waals surface area contributed by atoms with Crippen molar-refractivity contribution >= 4 is 33.5 Å². The van der Waals surface area contributed by atoms with Gasteiger partial charge in [0.25, 0.3) is 0 Å². The van der Waals surface area contributed by atoms with Crippen molar-refractivity contribution in [1.82, 2.24) is 9.97 Å². The summed E-state index contributed by atoms with van der Waals surface area (Å²) in [5.41, 5.74) is 1.13. The first kappa shape index (κ1) is 15.6. The molecule has 1 heterocycles. The van der Waals surface area contributed by atoms with Gasteiger partial charge < -0.3 is 4.74 Å². The van der Waals surface area contributed by atoms with E-state index >= 15 is 0 Å². The van der Waals surface area contributed by atoms with E-state index in [9.17, 15) is 4.79 Å². The molecule has 0 aliphatic carbocycles. The first-order chi connectivity index (χ1) is 11.1. The normalized spacial score (nSPS) is 10.3. The highest BCUT2D eigenvalue weighted by Gasteiger charge is 2.13. The lowest BCUT2D eigenvalue weighted by atomic mass is 10.2. The number of ether oxygens (including phenoxy) is 1. The monoisotopic (exact) mass is 388 g/mol. The van der Waals surface area contributed by atoms with Crippen LogP contribution in [-0.4, -0.2) is 15.9 Å². The molecular weight excluding hydrogens is 380 g/mol. The number of carbonyl (C=O) groups excluding carboxylic acids is 1. The van der Waals surface area contributed by atoms with Crippen molar-refractivity contribution in [2.45, 2.75) is 0 Å². The second-order valence-corrected chi connectivity index (χ2v) is 5.95. The van der Waals surface area contributed by atoms with E-state index < -0.39 is 5.97 Å². The molecule has 2 aromatic carbocycles. The quantitative estimate of drug-likeness (QED) is 0.478. The molecule has 0 unspecified atom stereocenters. The molecule has 0 spiro atoms. The highest BCUT2D eigenvalue weighted by atomic mass is 79.9. The van der Waals surface area contributed by atoms with Crippen LogP contribution in [0.4, 0.5) is 0 Å². The number of hydrogen-bond acceptors (Lipinski definition) is 4. The average molecular weight is 390 g/mol. The van der Waals surface area contributed by atoms with Gasteiger partial charge in [-0.15, -0.1) is 0 Å². The van der Waals surface area contributed by atoms with E-state index in [4.69, 9.17) is 16.3 Å². The Morgan fingerprint density at radius 1 is 1.04 bits per heavy atom. The van der Waals surface area contributed by atoms with Crippen LogP contribution in [-0.2, 0) is 0 Å². The summed E-state index contributed by atoms with van der Waals surface area (Å²) in [4.78, 5) is 20.5. The predicted molar refractivity (Wildman–Crippen MR) is 91.6 cm³/mol. The van der Waals surface area contributed by atoms with Crippen molar-refractivity contribution in [2.75, 3.05) is 0 Å². The summed E-state index contributed by atoms with van der Waals surface area (Å²) in [5, 5.41) is 0.342. The molecule has 0 aliphatic rings. The lowest BCUT2D eigenvalue weighted by Gasteiger charge is -2.06. The minimum atomic E-state index is -0.561. The number of hydrogen-bond donors (Lipinski definition) is 0. The standard InChI is InChI=1S/C17H10BrClN2O2/c18-13-6-7-15(14(19)8-13)23-17(22)12-9-20-16(21-10-12)11-4-2-1-3-5-11/h1-10H. The number of benzene rings is 2. The first-order valence-corrected chi connectivity index (χ1v) is 7.85. The Bertz CT molecular complexity index is 839. The SMILES string of the molecule is O=C(Oc1ccc(Br)cc1Cl)c1cnc(-c2ccccc2)nc1. The number of nitrogens with zero attached hydrogens (tertiary/aromatic N) is 2. The Labute approximate surface area is 146 Å². The molecule has 0 saturated heterocycles. The third-order valence-electron chi connectivity index (χ3n) is 3.02. The van der Waals surface area contributed by atoms with Crippen LogP contribution in [0.5, 0.6) is 5.75 Å². The van der Waals surface area contributed by atoms with Crippen LogP contribution in [0.3, 0.4) is 0 Å². The van der Waals surface area contributed by atoms with Gasteiger partial charge in [-0.1, -0.05) is 57.9 Å². The minimum Gasteiger partial charge on any atom is -0.421 e. The van der Waals surface area contributed by atoms with Crippen molar-refractivity contribution in [3.05, 3.63) is 76.0 Å². The van der Waals surface area contributed by atoms with Gasteiger partial charge in [0.1, 0.15) is 5.75 Å². The molecule has 114 valence electrons. The molecule has 0 fully saturated rings. The minimum absolute atomic E-state index is 0.253. The second-order valence-electron chi connectivity index (χ2n) is 4.63. The van der Waals surface area contributed by atoms with Crippen molar-refractivity contribution < 1.29 is 9.53 Å². The summed E-state index contributed by atoms with van der Waals surface area (Å²) < 4.78 is 6.06. The van der Waals surface area contributed by atoms with Crippen LogP contribution >= 0.6 is 27.5 Å². The van der Waals surface area contributed by atoms with E-state index in [1.54, 1.807) is 18.2 Å². The van der Waals surface area contributed by atoms with E-state index in [0.29, 0.717) is 10.8 Å². The average Bonchev–Trinajstić information content (AvgIpc) is 2.58. The van der Waals surface area contributed by atoms with Gasteiger partial charge in [-0.3, -0.25) is 0 Å². The Hall–Kier alpha value is -2.24. The Balaban J connectivity index is 1.78. The van der Waals surface area contributed by atoms with Gasteiger partial charge in [-0.25, -0.2) is 14.8 Å². The topological polar surface area (TPSA) is 52.1 Å². The maximum atomic E-state index is 12.1. The van der Waals surface area contributed by atoms with E-state index in [2.05, 4.69) is 25.9 Å². The molecule has 0 amide bonds. The molecule has 4 nitrogen and oxygen atoms in total. The maximum absolute atomic E-state index is 12.1. The van der Waals surface area contributed by atoms with Crippen LogP contribution in [0, 0.1) is 0 Å². The van der Waals surface area contributed by atoms with Crippen LogP contribution in [0.25, 0.3) is 11.4 Å². The van der Waals surface area contributed by atoms with Crippen LogP contribution in [0.2, 0.25) is 5.02 Å². The molecule has 0 bridgehead atoms. The van der Waals surface area contributed by atoms with Crippen molar-refractivity contribution in [3.8, 4) is 17.1 Å². The molecule has 3 aromatic rings. The number of halogens is 2. The Morgan fingerprint density at radius 3 is 2.39 bits per heavy atom. The van der Waals surface area contributed by atoms with E-state index in [0.717, 1.165) is 10.0 Å². The van der Waals surface area contributed by atoms with Gasteiger partial charge in [-0.05, 0) is 18.2 Å². The molecule has 3 rings (SSSR count). The highest BCUT2D eigenvalue weighted by molar-refractivity contribution is 9.10. The molecule has 6 heteroatoms. The lowest BCUT2D eigenvalue weighted by molar-refractivity contribution is 0.0734. The second kappa shape index (κ2) is 6.89. The fraction of sp³-hybridized carbons (Fsp3) is 0. The van der Waals surface area contributed by atoms with Gasteiger partial charge in [-0.2, -0.15) is 0 Å². The zero-order chi connectivity index (χ0) is 16.2. The van der Waals surface area contributed by atoms with Gasteiger partial charge >= 0.3 is 5.97 Å². The molecular formula is C17H10BrClN2O2. The van der Waals surface area contributed by atoms with E-state index in [1.807, 2.05) is 30.3 Å². The molecule has 0 saturated carbocycles. The number of carbonyl (C=O) groups is 1. The van der Waals surface area contributed by atoms with Gasteiger partial charge in [0.05, 0.1) is 10.6 Å². The third kappa shape index (κ3) is 3.75. The molecule has 0 radical (unpaired) electrons. The number of aromatic nitrogens is 2. The third-order valence-corrected chi connectivity index (χ3v) is 3.80. The summed E-state index contributed by atoms with van der Waals surface area (Å²) in [6, 6.07) is 14.5. The Morgan fingerprint density at radius 2 is 1.74 bits per heavy atom. The molecule has 0 aliphatic heterocycles. The fourth-order valence-electron chi connectivity index (χ4n) is 1.89. The fourth-order valence-corrected chi connectivity index (χ4v) is 2.60. The lowest BCUT2D eigenvalue weighted by Crippen LogP contribution is -2.10. The molecule has 23 heavy (non-hydrogen) atoms. The molecule has 0 atom stereocenters. The number of esters is 1. The zero-order valence-electron chi connectivity index (χ0n) is 11.7. The summed E-state index contributed by atoms with van der Waals surface area (Å²) in [5.74, 6) is 0.268. The first-order valence-electron chi connectivity index (χ1n) is 6.68. The summed E-state index contributed by atoms with van der Waals surface area (Å²) >= 11 is 9.32. The van der Waals surface area contributed by atoms with E-state index in [-0.39, 0.29) is 11.3 Å². The van der Waals surface area contributed by atoms with Gasteiger partial charge in [0.15, 0.2) is 5.82 Å². The van der Waals surface area contributed by atoms with Gasteiger partial charge in [0.2, 0.25) is 0 Å². The van der Waals surface area contributed by atoms with Crippen molar-refractivity contribution in [1.29, 1.82) is 0 Å². The van der Waals surface area contributed by atoms with Crippen LogP contribution in [0.1, 0.15) is 10.4 Å². The van der Waals surface area contributed by atoms with Gasteiger partial charge in [0, 0.05) is 22.4 Å². The predicted octanol–water partition coefficient (Wildman–Crippen LogP) is 4.78. The van der Waals surface area contributed by atoms with Crippen molar-refractivity contribution in [3.63, 3.8) is 0 Å². The Kier molecular flexibility index (Phi) is 4.69. The summed E-state index contributed by atoms with van der Waals surface area (Å²) in [7, 11) is 0. The maximum Gasteiger partial charge on any atom is 0.346 e. The summed E-state index contributed by atoms with van der Waals surface area (Å²) in [6.07, 6.45) is 2.87. The van der Waals surface area contributed by atoms with E-state index in [1.165, 1.54) is 12.4 Å². The number of rotatable bonds is 3. The van der Waals surface area contributed by atoms with Crippen LogP contribution in [0.15, 0.2) is 65.4 Å². The zero-order valence-corrected chi connectivity index (χ0v) is 14.1. The smallest absolute Gasteiger partial charge is 0.346 e.